The summed E-state index contributed by atoms with van der Waals surface area (Å²) in [4.78, 5) is 0. The normalized spacial score (nSPS) is 20.8. The predicted octanol–water partition coefficient (Wildman–Crippen LogP) is 3.84. The maximum absolute atomic E-state index is 5.74. The highest BCUT2D eigenvalue weighted by Crippen LogP contribution is 2.30. The minimum Gasteiger partial charge on any atom is -0.378 e. The molecule has 2 unspecified atom stereocenters. The molecule has 4 nitrogen and oxygen atoms in total. The van der Waals surface area contributed by atoms with Gasteiger partial charge in [0.25, 0.3) is 0 Å². The molecule has 114 valence electrons. The molecule has 1 aliphatic rings. The molecule has 0 amide bonds. The van der Waals surface area contributed by atoms with E-state index < -0.39 is 0 Å². The minimum atomic E-state index is 0.337. The molecule has 1 aromatic rings. The molecule has 2 heterocycles. The van der Waals surface area contributed by atoms with Crippen LogP contribution in [-0.2, 0) is 4.74 Å². The van der Waals surface area contributed by atoms with Gasteiger partial charge in [-0.1, -0.05) is 6.92 Å². The van der Waals surface area contributed by atoms with Gasteiger partial charge in [-0.15, -0.1) is 0 Å². The second-order valence-electron chi connectivity index (χ2n) is 5.74. The first-order valence-electron chi connectivity index (χ1n) is 7.71. The summed E-state index contributed by atoms with van der Waals surface area (Å²) in [5, 5.41) is 8.10. The van der Waals surface area contributed by atoms with E-state index in [2.05, 4.69) is 51.8 Å². The molecule has 0 radical (unpaired) electrons. The van der Waals surface area contributed by atoms with Crippen LogP contribution < -0.4 is 5.32 Å². The first-order chi connectivity index (χ1) is 9.63. The summed E-state index contributed by atoms with van der Waals surface area (Å²) in [7, 11) is 0. The Morgan fingerprint density at radius 1 is 1.55 bits per heavy atom. The molecule has 1 fully saturated rings. The lowest BCUT2D eigenvalue weighted by molar-refractivity contribution is 0.0993. The molecule has 2 rings (SSSR count). The summed E-state index contributed by atoms with van der Waals surface area (Å²) < 4.78 is 8.96. The molecule has 1 saturated heterocycles. The lowest BCUT2D eigenvalue weighted by Gasteiger charge is -2.23. The topological polar surface area (TPSA) is 39.1 Å². The van der Waals surface area contributed by atoms with Gasteiger partial charge < -0.3 is 10.1 Å². The van der Waals surface area contributed by atoms with E-state index in [-0.39, 0.29) is 0 Å². The number of rotatable bonds is 7. The molecule has 20 heavy (non-hydrogen) atoms. The van der Waals surface area contributed by atoms with Crippen molar-refractivity contribution in [3.05, 3.63) is 16.4 Å². The summed E-state index contributed by atoms with van der Waals surface area (Å²) in [6.45, 7) is 8.40. The molecule has 0 saturated carbocycles. The molecule has 0 spiro atoms. The monoisotopic (exact) mass is 343 g/mol. The highest BCUT2D eigenvalue weighted by molar-refractivity contribution is 9.10. The zero-order valence-corrected chi connectivity index (χ0v) is 14.3. The Morgan fingerprint density at radius 2 is 2.35 bits per heavy atom. The van der Waals surface area contributed by atoms with E-state index >= 15 is 0 Å². The van der Waals surface area contributed by atoms with E-state index in [1.165, 1.54) is 18.5 Å². The highest BCUT2D eigenvalue weighted by Gasteiger charge is 2.23. The Morgan fingerprint density at radius 3 is 2.95 bits per heavy atom. The Labute approximate surface area is 130 Å². The lowest BCUT2D eigenvalue weighted by atomic mass is 10.0. The first-order valence-corrected chi connectivity index (χ1v) is 8.50. The quantitative estimate of drug-likeness (QED) is 0.817. The van der Waals surface area contributed by atoms with Gasteiger partial charge in [-0.2, -0.15) is 5.10 Å². The van der Waals surface area contributed by atoms with Crippen LogP contribution in [0.3, 0.4) is 0 Å². The van der Waals surface area contributed by atoms with Crippen LogP contribution in [0.4, 0.5) is 0 Å². The van der Waals surface area contributed by atoms with Gasteiger partial charge in [-0.3, -0.25) is 4.68 Å². The van der Waals surface area contributed by atoms with Gasteiger partial charge in [0, 0.05) is 12.6 Å². The van der Waals surface area contributed by atoms with Crippen LogP contribution in [0.1, 0.15) is 64.2 Å². The lowest BCUT2D eigenvalue weighted by Crippen LogP contribution is -2.26. The number of halogens is 1. The zero-order chi connectivity index (χ0) is 14.5. The van der Waals surface area contributed by atoms with Gasteiger partial charge in [0.15, 0.2) is 0 Å². The standard InChI is InChI=1S/C15H26BrN3O/c1-4-17-14(8-7-12-6-5-9-20-12)15-13(16)10-18-19(15)11(2)3/h10-12,14,17H,4-9H2,1-3H3. The van der Waals surface area contributed by atoms with Crippen molar-refractivity contribution in [3.8, 4) is 0 Å². The Kier molecular flexibility index (Phi) is 6.05. The van der Waals surface area contributed by atoms with E-state index in [0.717, 1.165) is 30.5 Å². The number of nitrogens with one attached hydrogen (secondary N) is 1. The van der Waals surface area contributed by atoms with Crippen molar-refractivity contribution in [1.29, 1.82) is 0 Å². The summed E-state index contributed by atoms with van der Waals surface area (Å²) in [6.07, 6.45) is 6.99. The first kappa shape index (κ1) is 16.0. The average Bonchev–Trinajstić information content (AvgIpc) is 3.04. The van der Waals surface area contributed by atoms with Gasteiger partial charge >= 0.3 is 0 Å². The number of nitrogens with zero attached hydrogens (tertiary/aromatic N) is 2. The molecule has 1 N–H and O–H groups in total. The van der Waals surface area contributed by atoms with Crippen molar-refractivity contribution in [3.63, 3.8) is 0 Å². The molecule has 2 atom stereocenters. The van der Waals surface area contributed by atoms with E-state index in [1.54, 1.807) is 0 Å². The Hall–Kier alpha value is -0.390. The summed E-state index contributed by atoms with van der Waals surface area (Å²) in [6, 6.07) is 0.712. The third kappa shape index (κ3) is 3.83. The molecule has 0 aromatic carbocycles. The Balaban J connectivity index is 2.08. The van der Waals surface area contributed by atoms with Crippen LogP contribution in [0.15, 0.2) is 10.7 Å². The molecule has 0 aliphatic carbocycles. The molecule has 1 aliphatic heterocycles. The second kappa shape index (κ2) is 7.57. The van der Waals surface area contributed by atoms with E-state index in [1.807, 2.05) is 6.20 Å². The van der Waals surface area contributed by atoms with Crippen molar-refractivity contribution < 1.29 is 4.74 Å². The largest absolute Gasteiger partial charge is 0.378 e. The van der Waals surface area contributed by atoms with E-state index in [9.17, 15) is 0 Å². The molecule has 1 aromatic heterocycles. The summed E-state index contributed by atoms with van der Waals surface area (Å²) in [5.41, 5.74) is 1.26. The fraction of sp³-hybridized carbons (Fsp3) is 0.800. The van der Waals surface area contributed by atoms with Crippen molar-refractivity contribution in [1.82, 2.24) is 15.1 Å². The van der Waals surface area contributed by atoms with Gasteiger partial charge in [0.2, 0.25) is 0 Å². The molecule has 5 heteroatoms. The van der Waals surface area contributed by atoms with E-state index in [0.29, 0.717) is 18.2 Å². The fourth-order valence-corrected chi connectivity index (χ4v) is 3.44. The van der Waals surface area contributed by atoms with Gasteiger partial charge in [-0.25, -0.2) is 0 Å². The maximum Gasteiger partial charge on any atom is 0.0698 e. The van der Waals surface area contributed by atoms with Crippen LogP contribution in [0.25, 0.3) is 0 Å². The van der Waals surface area contributed by atoms with Crippen molar-refractivity contribution in [2.24, 2.45) is 0 Å². The summed E-state index contributed by atoms with van der Waals surface area (Å²) in [5.74, 6) is 0. The molecular formula is C15H26BrN3O. The smallest absolute Gasteiger partial charge is 0.0698 e. The van der Waals surface area contributed by atoms with Gasteiger partial charge in [-0.05, 0) is 62.0 Å². The van der Waals surface area contributed by atoms with Gasteiger partial charge in [0.05, 0.1) is 28.5 Å². The summed E-state index contributed by atoms with van der Waals surface area (Å²) >= 11 is 3.66. The predicted molar refractivity (Wildman–Crippen MR) is 84.9 cm³/mol. The fourth-order valence-electron chi connectivity index (χ4n) is 2.89. The minimum absolute atomic E-state index is 0.337. The van der Waals surface area contributed by atoms with Crippen LogP contribution in [0.5, 0.6) is 0 Å². The third-order valence-electron chi connectivity index (χ3n) is 3.86. The number of hydrogen-bond donors (Lipinski definition) is 1. The molecular weight excluding hydrogens is 318 g/mol. The SMILES string of the molecule is CCNC(CCC1CCCO1)c1c(Br)cnn1C(C)C. The van der Waals surface area contributed by atoms with E-state index in [4.69, 9.17) is 4.74 Å². The van der Waals surface area contributed by atoms with Crippen LogP contribution in [-0.4, -0.2) is 29.0 Å². The average molecular weight is 344 g/mol. The number of hydrogen-bond acceptors (Lipinski definition) is 3. The van der Waals surface area contributed by atoms with Crippen LogP contribution in [0.2, 0.25) is 0 Å². The number of aromatic nitrogens is 2. The van der Waals surface area contributed by atoms with Gasteiger partial charge in [0.1, 0.15) is 0 Å². The Bertz CT molecular complexity index is 413. The highest BCUT2D eigenvalue weighted by atomic mass is 79.9. The number of ether oxygens (including phenoxy) is 1. The second-order valence-corrected chi connectivity index (χ2v) is 6.59. The maximum atomic E-state index is 5.74. The van der Waals surface area contributed by atoms with Crippen molar-refractivity contribution >= 4 is 15.9 Å². The third-order valence-corrected chi connectivity index (χ3v) is 4.47. The van der Waals surface area contributed by atoms with Crippen molar-refractivity contribution in [2.75, 3.05) is 13.2 Å². The van der Waals surface area contributed by atoms with Crippen LogP contribution in [0, 0.1) is 0 Å². The van der Waals surface area contributed by atoms with Crippen LogP contribution >= 0.6 is 15.9 Å². The van der Waals surface area contributed by atoms with Crippen molar-refractivity contribution in [2.45, 2.75) is 64.6 Å². The molecule has 0 bridgehead atoms. The zero-order valence-electron chi connectivity index (χ0n) is 12.7.